The minimum atomic E-state index is -0.262. The summed E-state index contributed by atoms with van der Waals surface area (Å²) >= 11 is 0. The number of nitrogens with zero attached hydrogens (tertiary/aromatic N) is 1. The van der Waals surface area contributed by atoms with Gasteiger partial charge >= 0.3 is 0 Å². The first kappa shape index (κ1) is 19.7. The molecule has 0 saturated carbocycles. The highest BCUT2D eigenvalue weighted by Crippen LogP contribution is 2.21. The highest BCUT2D eigenvalue weighted by atomic mass is 16.2. The number of nitrogens with two attached hydrogens (primary N) is 1. The average molecular weight is 390 g/mol. The summed E-state index contributed by atoms with van der Waals surface area (Å²) < 4.78 is 0. The van der Waals surface area contributed by atoms with Crippen molar-refractivity contribution in [2.45, 2.75) is 13.8 Å². The number of hydrogen-bond donors (Lipinski definition) is 5. The molecule has 0 fully saturated rings. The zero-order valence-corrected chi connectivity index (χ0v) is 16.2. The molecule has 1 aromatic heterocycles. The van der Waals surface area contributed by atoms with Gasteiger partial charge < -0.3 is 21.4 Å². The Morgan fingerprint density at radius 3 is 2.34 bits per heavy atom. The van der Waals surface area contributed by atoms with Crippen molar-refractivity contribution in [2.75, 3.05) is 10.6 Å². The molecule has 0 radical (unpaired) electrons. The zero-order valence-electron chi connectivity index (χ0n) is 16.2. The molecule has 8 heteroatoms. The monoisotopic (exact) mass is 390 g/mol. The number of rotatable bonds is 6. The Balaban J connectivity index is 1.72. The Labute approximate surface area is 167 Å². The quantitative estimate of drug-likeness (QED) is 0.328. The van der Waals surface area contributed by atoms with E-state index in [1.165, 1.54) is 6.92 Å². The van der Waals surface area contributed by atoms with Gasteiger partial charge in [-0.3, -0.25) is 15.0 Å². The van der Waals surface area contributed by atoms with Gasteiger partial charge in [0.1, 0.15) is 11.5 Å². The largest absolute Gasteiger partial charge is 0.385 e. The van der Waals surface area contributed by atoms with Crippen LogP contribution < -0.4 is 21.8 Å². The van der Waals surface area contributed by atoms with Crippen LogP contribution in [0.3, 0.4) is 0 Å². The Kier molecular flexibility index (Phi) is 5.64. The minimum Gasteiger partial charge on any atom is -0.385 e. The minimum absolute atomic E-state index is 0.152. The van der Waals surface area contributed by atoms with E-state index in [1.54, 1.807) is 30.3 Å². The molecule has 0 aliphatic rings. The third kappa shape index (κ3) is 5.01. The van der Waals surface area contributed by atoms with Crippen molar-refractivity contribution in [3.63, 3.8) is 0 Å². The SMILES string of the molecule is C=C(N)N/N=C(/C)c1ccc(NC(=O)c2cc3ccc(NC(C)=O)cc3[nH]2)cc1. The lowest BCUT2D eigenvalue weighted by Gasteiger charge is -2.06. The number of hydrogen-bond acceptors (Lipinski definition) is 5. The van der Waals surface area contributed by atoms with Crippen LogP contribution >= 0.6 is 0 Å². The lowest BCUT2D eigenvalue weighted by atomic mass is 10.1. The van der Waals surface area contributed by atoms with Crippen molar-refractivity contribution in [2.24, 2.45) is 10.8 Å². The first-order chi connectivity index (χ1) is 13.8. The van der Waals surface area contributed by atoms with Gasteiger partial charge in [-0.25, -0.2) is 0 Å². The number of carbonyl (C=O) groups excluding carboxylic acids is 2. The number of fused-ring (bicyclic) bond motifs is 1. The maximum atomic E-state index is 12.6. The molecule has 3 rings (SSSR count). The summed E-state index contributed by atoms with van der Waals surface area (Å²) in [6.45, 7) is 6.80. The standard InChI is InChI=1S/C21H22N6O2/c1-12(26-27-13(2)22)15-4-7-17(8-5-15)24-21(29)20-10-16-6-9-18(23-14(3)28)11-19(16)25-20/h4-11,25,27H,2,22H2,1,3H3,(H,23,28)(H,24,29)/b26-12-. The van der Waals surface area contributed by atoms with Crippen LogP contribution in [0.1, 0.15) is 29.9 Å². The van der Waals surface area contributed by atoms with Gasteiger partial charge in [0, 0.05) is 29.2 Å². The number of carbonyl (C=O) groups is 2. The number of anilines is 2. The summed E-state index contributed by atoms with van der Waals surface area (Å²) in [5.74, 6) is -0.154. The first-order valence-electron chi connectivity index (χ1n) is 8.88. The van der Waals surface area contributed by atoms with E-state index in [4.69, 9.17) is 5.73 Å². The predicted molar refractivity (Wildman–Crippen MR) is 116 cm³/mol. The van der Waals surface area contributed by atoms with Gasteiger partial charge in [0.15, 0.2) is 0 Å². The third-order valence-corrected chi connectivity index (χ3v) is 4.12. The molecule has 148 valence electrons. The summed E-state index contributed by atoms with van der Waals surface area (Å²) in [6, 6.07) is 14.5. The van der Waals surface area contributed by atoms with E-state index in [1.807, 2.05) is 25.1 Å². The average Bonchev–Trinajstić information content (AvgIpc) is 3.09. The molecule has 29 heavy (non-hydrogen) atoms. The Morgan fingerprint density at radius 1 is 1.00 bits per heavy atom. The molecule has 8 nitrogen and oxygen atoms in total. The van der Waals surface area contributed by atoms with Crippen LogP contribution in [0.4, 0.5) is 11.4 Å². The molecule has 0 spiro atoms. The molecule has 0 aliphatic heterocycles. The van der Waals surface area contributed by atoms with Crippen molar-refractivity contribution < 1.29 is 9.59 Å². The molecule has 0 bridgehead atoms. The van der Waals surface area contributed by atoms with E-state index >= 15 is 0 Å². The van der Waals surface area contributed by atoms with Crippen LogP contribution in [0.5, 0.6) is 0 Å². The fraction of sp³-hybridized carbons (Fsp3) is 0.0952. The van der Waals surface area contributed by atoms with Crippen molar-refractivity contribution in [1.29, 1.82) is 0 Å². The molecular formula is C21H22N6O2. The summed E-state index contributed by atoms with van der Waals surface area (Å²) in [6.07, 6.45) is 0. The molecule has 0 saturated heterocycles. The smallest absolute Gasteiger partial charge is 0.272 e. The van der Waals surface area contributed by atoms with Crippen molar-refractivity contribution in [1.82, 2.24) is 10.4 Å². The number of nitrogens with one attached hydrogen (secondary N) is 4. The maximum Gasteiger partial charge on any atom is 0.272 e. The summed E-state index contributed by atoms with van der Waals surface area (Å²) in [5.41, 5.74) is 12.2. The van der Waals surface area contributed by atoms with Crippen molar-refractivity contribution in [3.05, 3.63) is 72.2 Å². The summed E-state index contributed by atoms with van der Waals surface area (Å²) in [5, 5.41) is 10.6. The van der Waals surface area contributed by atoms with Gasteiger partial charge in [-0.05, 0) is 42.8 Å². The van der Waals surface area contributed by atoms with Gasteiger partial charge in [-0.15, -0.1) is 0 Å². The van der Waals surface area contributed by atoms with Crippen molar-refractivity contribution in [3.8, 4) is 0 Å². The molecule has 0 atom stereocenters. The second kappa shape index (κ2) is 8.30. The topological polar surface area (TPSA) is 124 Å². The van der Waals surface area contributed by atoms with Gasteiger partial charge in [-0.2, -0.15) is 5.10 Å². The number of aromatic amines is 1. The van der Waals surface area contributed by atoms with Crippen LogP contribution in [-0.2, 0) is 4.79 Å². The summed E-state index contributed by atoms with van der Waals surface area (Å²) in [7, 11) is 0. The van der Waals surface area contributed by atoms with E-state index in [0.717, 1.165) is 22.2 Å². The lowest BCUT2D eigenvalue weighted by Crippen LogP contribution is -2.15. The number of H-pyrrole nitrogens is 1. The van der Waals surface area contributed by atoms with Crippen molar-refractivity contribution >= 4 is 39.8 Å². The molecular weight excluding hydrogens is 368 g/mol. The predicted octanol–water partition coefficient (Wildman–Crippen LogP) is 3.12. The van der Waals surface area contributed by atoms with Crippen LogP contribution in [0, 0.1) is 0 Å². The van der Waals surface area contributed by atoms with E-state index in [0.29, 0.717) is 17.1 Å². The van der Waals surface area contributed by atoms with Crippen LogP contribution in [-0.4, -0.2) is 22.5 Å². The first-order valence-corrected chi connectivity index (χ1v) is 8.88. The Hall–Kier alpha value is -4.07. The number of aromatic nitrogens is 1. The van der Waals surface area contributed by atoms with Gasteiger partial charge in [0.2, 0.25) is 5.91 Å². The Bertz CT molecular complexity index is 1110. The Morgan fingerprint density at radius 2 is 1.69 bits per heavy atom. The second-order valence-electron chi connectivity index (χ2n) is 6.53. The second-order valence-corrected chi connectivity index (χ2v) is 6.53. The van der Waals surface area contributed by atoms with Crippen LogP contribution in [0.15, 0.2) is 66.0 Å². The number of hydrazone groups is 1. The lowest BCUT2D eigenvalue weighted by molar-refractivity contribution is -0.114. The molecule has 0 aliphatic carbocycles. The molecule has 1 heterocycles. The maximum absolute atomic E-state index is 12.6. The van der Waals surface area contributed by atoms with Crippen LogP contribution in [0.2, 0.25) is 0 Å². The van der Waals surface area contributed by atoms with E-state index in [9.17, 15) is 9.59 Å². The molecule has 2 amide bonds. The number of amides is 2. The van der Waals surface area contributed by atoms with E-state index < -0.39 is 0 Å². The van der Waals surface area contributed by atoms with E-state index in [2.05, 4.69) is 32.7 Å². The normalized spacial score (nSPS) is 11.2. The highest BCUT2D eigenvalue weighted by Gasteiger charge is 2.11. The number of benzene rings is 2. The van der Waals surface area contributed by atoms with Gasteiger partial charge in [-0.1, -0.05) is 24.8 Å². The van der Waals surface area contributed by atoms with E-state index in [-0.39, 0.29) is 17.6 Å². The molecule has 2 aromatic carbocycles. The molecule has 3 aromatic rings. The molecule has 0 unspecified atom stereocenters. The van der Waals surface area contributed by atoms with Gasteiger partial charge in [0.05, 0.1) is 5.71 Å². The fourth-order valence-electron chi connectivity index (χ4n) is 2.74. The summed E-state index contributed by atoms with van der Waals surface area (Å²) in [4.78, 5) is 26.8. The molecule has 6 N–H and O–H groups in total. The zero-order chi connectivity index (χ0) is 21.0. The fourth-order valence-corrected chi connectivity index (χ4v) is 2.74. The third-order valence-electron chi connectivity index (χ3n) is 4.12. The van der Waals surface area contributed by atoms with Crippen LogP contribution in [0.25, 0.3) is 10.9 Å². The van der Waals surface area contributed by atoms with Gasteiger partial charge in [0.25, 0.3) is 5.91 Å². The highest BCUT2D eigenvalue weighted by molar-refractivity contribution is 6.06.